The van der Waals surface area contributed by atoms with Gasteiger partial charge >= 0.3 is 6.03 Å². The van der Waals surface area contributed by atoms with E-state index in [1.165, 1.54) is 12.1 Å². The second-order valence-corrected chi connectivity index (χ2v) is 8.30. The summed E-state index contributed by atoms with van der Waals surface area (Å²) in [4.78, 5) is 19.3. The molecule has 0 bridgehead atoms. The van der Waals surface area contributed by atoms with Crippen molar-refractivity contribution in [2.24, 2.45) is 0 Å². The van der Waals surface area contributed by atoms with Crippen LogP contribution < -0.4 is 14.8 Å². The largest absolute Gasteiger partial charge is 0.486 e. The minimum Gasteiger partial charge on any atom is -0.486 e. The molecule has 166 valence electrons. The molecule has 2 aliphatic rings. The Bertz CT molecular complexity index is 1130. The van der Waals surface area contributed by atoms with E-state index in [0.29, 0.717) is 60.8 Å². The third-order valence-corrected chi connectivity index (χ3v) is 5.83. The molecule has 3 heterocycles. The Morgan fingerprint density at radius 3 is 2.72 bits per heavy atom. The van der Waals surface area contributed by atoms with Gasteiger partial charge < -0.3 is 24.2 Å². The number of halogens is 1. The molecule has 1 saturated heterocycles. The molecule has 1 N–H and O–H groups in total. The zero-order valence-electron chi connectivity index (χ0n) is 17.6. The van der Waals surface area contributed by atoms with Gasteiger partial charge in [0.25, 0.3) is 5.89 Å². The molecule has 9 heteroatoms. The van der Waals surface area contributed by atoms with Crippen molar-refractivity contribution in [3.63, 3.8) is 0 Å². The van der Waals surface area contributed by atoms with E-state index in [4.69, 9.17) is 14.0 Å². The van der Waals surface area contributed by atoms with Gasteiger partial charge in [0, 0.05) is 35.8 Å². The number of ether oxygens (including phenoxy) is 2. The van der Waals surface area contributed by atoms with Crippen LogP contribution in [0.1, 0.15) is 25.6 Å². The third-order valence-electron chi connectivity index (χ3n) is 5.83. The lowest BCUT2D eigenvalue weighted by molar-refractivity contribution is 0.161. The molecule has 32 heavy (non-hydrogen) atoms. The summed E-state index contributed by atoms with van der Waals surface area (Å²) in [6, 6.07) is 11.1. The fraction of sp³-hybridized carbons (Fsp3) is 0.348. The maximum absolute atomic E-state index is 13.2. The number of hydrogen-bond acceptors (Lipinski definition) is 6. The number of carbonyl (C=O) groups is 1. The van der Waals surface area contributed by atoms with Crippen molar-refractivity contribution < 1.29 is 23.2 Å². The summed E-state index contributed by atoms with van der Waals surface area (Å²) in [5.41, 5.74) is 0.840. The standard InChI is InChI=1S/C23H23FN4O4/c1-23(21-26-20(32-27-21)15-3-5-16(24)6-4-15)9-2-10-28(14-23)22(29)25-17-7-8-18-19(13-17)31-12-11-30-18/h3-8,13H,2,9-12,14H2,1H3,(H,25,29). The molecule has 3 aromatic rings. The summed E-state index contributed by atoms with van der Waals surface area (Å²) < 4.78 is 29.7. The minimum atomic E-state index is -0.454. The summed E-state index contributed by atoms with van der Waals surface area (Å²) in [6.07, 6.45) is 1.63. The molecule has 0 saturated carbocycles. The van der Waals surface area contributed by atoms with Crippen LogP contribution >= 0.6 is 0 Å². The quantitative estimate of drug-likeness (QED) is 0.658. The molecule has 1 aromatic heterocycles. The van der Waals surface area contributed by atoms with Gasteiger partial charge in [0.15, 0.2) is 17.3 Å². The normalized spacial score (nSPS) is 20.1. The molecule has 2 amide bonds. The van der Waals surface area contributed by atoms with Gasteiger partial charge in [0.1, 0.15) is 19.0 Å². The van der Waals surface area contributed by atoms with Crippen LogP contribution in [-0.4, -0.2) is 47.4 Å². The second-order valence-electron chi connectivity index (χ2n) is 8.30. The molecule has 8 nitrogen and oxygen atoms in total. The molecular weight excluding hydrogens is 415 g/mol. The van der Waals surface area contributed by atoms with Crippen molar-refractivity contribution in [3.05, 3.63) is 54.1 Å². The SMILES string of the molecule is CC1(c2noc(-c3ccc(F)cc3)n2)CCCN(C(=O)Nc2ccc3c(c2)OCCO3)C1. The molecule has 0 aliphatic carbocycles. The Balaban J connectivity index is 1.29. The Kier molecular flexibility index (Phi) is 5.16. The number of likely N-dealkylation sites (tertiary alicyclic amines) is 1. The van der Waals surface area contributed by atoms with Crippen LogP contribution in [0.15, 0.2) is 47.0 Å². The van der Waals surface area contributed by atoms with Crippen molar-refractivity contribution in [2.45, 2.75) is 25.2 Å². The highest BCUT2D eigenvalue weighted by Gasteiger charge is 2.38. The average Bonchev–Trinajstić information content (AvgIpc) is 3.31. The van der Waals surface area contributed by atoms with Crippen molar-refractivity contribution in [2.75, 3.05) is 31.6 Å². The minimum absolute atomic E-state index is 0.199. The summed E-state index contributed by atoms with van der Waals surface area (Å²) in [5, 5.41) is 7.11. The van der Waals surface area contributed by atoms with E-state index >= 15 is 0 Å². The first-order valence-electron chi connectivity index (χ1n) is 10.6. The van der Waals surface area contributed by atoms with Crippen molar-refractivity contribution in [1.29, 1.82) is 0 Å². The van der Waals surface area contributed by atoms with Crippen molar-refractivity contribution in [3.8, 4) is 23.0 Å². The number of amides is 2. The van der Waals surface area contributed by atoms with Crippen LogP contribution in [0.5, 0.6) is 11.5 Å². The molecule has 1 atom stereocenters. The molecule has 5 rings (SSSR count). The van der Waals surface area contributed by atoms with Gasteiger partial charge in [-0.1, -0.05) is 12.1 Å². The van der Waals surface area contributed by atoms with Crippen LogP contribution in [0.2, 0.25) is 0 Å². The van der Waals surface area contributed by atoms with E-state index < -0.39 is 5.41 Å². The van der Waals surface area contributed by atoms with E-state index in [9.17, 15) is 9.18 Å². The molecule has 1 unspecified atom stereocenters. The van der Waals surface area contributed by atoms with Crippen LogP contribution in [0.25, 0.3) is 11.5 Å². The number of nitrogens with one attached hydrogen (secondary N) is 1. The first-order valence-corrected chi connectivity index (χ1v) is 10.6. The van der Waals surface area contributed by atoms with Crippen LogP contribution in [0.4, 0.5) is 14.9 Å². The number of aromatic nitrogens is 2. The monoisotopic (exact) mass is 438 g/mol. The number of piperidine rings is 1. The molecule has 2 aromatic carbocycles. The lowest BCUT2D eigenvalue weighted by Crippen LogP contribution is -2.49. The van der Waals surface area contributed by atoms with Gasteiger partial charge in [0.05, 0.1) is 0 Å². The van der Waals surface area contributed by atoms with Gasteiger partial charge in [-0.15, -0.1) is 0 Å². The molecule has 0 spiro atoms. The van der Waals surface area contributed by atoms with Gasteiger partial charge in [-0.3, -0.25) is 0 Å². The van der Waals surface area contributed by atoms with E-state index in [1.807, 2.05) is 6.92 Å². The molecule has 0 radical (unpaired) electrons. The number of anilines is 1. The molecule has 2 aliphatic heterocycles. The van der Waals surface area contributed by atoms with Crippen LogP contribution in [-0.2, 0) is 5.41 Å². The predicted molar refractivity (Wildman–Crippen MR) is 114 cm³/mol. The summed E-state index contributed by atoms with van der Waals surface area (Å²) in [6.45, 7) is 4.11. The zero-order chi connectivity index (χ0) is 22.1. The number of benzene rings is 2. The van der Waals surface area contributed by atoms with Crippen molar-refractivity contribution >= 4 is 11.7 Å². The number of hydrogen-bond donors (Lipinski definition) is 1. The lowest BCUT2D eigenvalue weighted by atomic mass is 9.81. The van der Waals surface area contributed by atoms with E-state index in [2.05, 4.69) is 15.5 Å². The highest BCUT2D eigenvalue weighted by atomic mass is 19.1. The lowest BCUT2D eigenvalue weighted by Gasteiger charge is -2.38. The van der Waals surface area contributed by atoms with Crippen LogP contribution in [0.3, 0.4) is 0 Å². The summed E-state index contributed by atoms with van der Waals surface area (Å²) in [7, 11) is 0. The fourth-order valence-electron chi connectivity index (χ4n) is 4.10. The Labute approximate surface area is 184 Å². The van der Waals surface area contributed by atoms with E-state index in [-0.39, 0.29) is 11.8 Å². The Morgan fingerprint density at radius 2 is 1.91 bits per heavy atom. The first-order chi connectivity index (χ1) is 15.5. The number of rotatable bonds is 3. The highest BCUT2D eigenvalue weighted by Crippen LogP contribution is 2.35. The summed E-state index contributed by atoms with van der Waals surface area (Å²) in [5.74, 6) is 1.84. The number of urea groups is 1. The highest BCUT2D eigenvalue weighted by molar-refractivity contribution is 5.90. The zero-order valence-corrected chi connectivity index (χ0v) is 17.6. The Hall–Kier alpha value is -3.62. The van der Waals surface area contributed by atoms with E-state index in [0.717, 1.165) is 12.8 Å². The number of nitrogens with zero attached hydrogens (tertiary/aromatic N) is 3. The maximum Gasteiger partial charge on any atom is 0.321 e. The van der Waals surface area contributed by atoms with E-state index in [1.54, 1.807) is 35.2 Å². The smallest absolute Gasteiger partial charge is 0.321 e. The number of carbonyl (C=O) groups excluding carboxylic acids is 1. The third kappa shape index (κ3) is 3.98. The molecular formula is C23H23FN4O4. The predicted octanol–water partition coefficient (Wildman–Crippen LogP) is 4.23. The Morgan fingerprint density at radius 1 is 1.12 bits per heavy atom. The summed E-state index contributed by atoms with van der Waals surface area (Å²) >= 11 is 0. The topological polar surface area (TPSA) is 89.7 Å². The van der Waals surface area contributed by atoms with Crippen molar-refractivity contribution in [1.82, 2.24) is 15.0 Å². The second kappa shape index (κ2) is 8.14. The van der Waals surface area contributed by atoms with Gasteiger partial charge in [-0.05, 0) is 49.2 Å². The van der Waals surface area contributed by atoms with Crippen LogP contribution in [0, 0.1) is 5.82 Å². The van der Waals surface area contributed by atoms with Gasteiger partial charge in [-0.2, -0.15) is 4.98 Å². The van der Waals surface area contributed by atoms with Gasteiger partial charge in [0.2, 0.25) is 0 Å². The van der Waals surface area contributed by atoms with Gasteiger partial charge in [-0.25, -0.2) is 9.18 Å². The number of fused-ring (bicyclic) bond motifs is 1. The average molecular weight is 438 g/mol. The maximum atomic E-state index is 13.2. The fourth-order valence-corrected chi connectivity index (χ4v) is 4.10. The molecule has 1 fully saturated rings. The first kappa shape index (κ1) is 20.3.